The molecular formula is C15H16OS. The molecule has 2 rings (SSSR count). The quantitative estimate of drug-likeness (QED) is 0.807. The van der Waals surface area contributed by atoms with Crippen LogP contribution in [0.1, 0.15) is 12.5 Å². The number of rotatable bonds is 3. The highest BCUT2D eigenvalue weighted by atomic mass is 32.2. The van der Waals surface area contributed by atoms with Gasteiger partial charge in [0.1, 0.15) is 0 Å². The maximum Gasteiger partial charge on any atom is 0.166 e. The maximum absolute atomic E-state index is 12.2. The van der Waals surface area contributed by atoms with Crippen molar-refractivity contribution in [3.05, 3.63) is 58.5 Å². The van der Waals surface area contributed by atoms with Gasteiger partial charge in [0.15, 0.2) is 5.78 Å². The molecule has 0 aliphatic heterocycles. The number of ketones is 1. The van der Waals surface area contributed by atoms with E-state index >= 15 is 0 Å². The van der Waals surface area contributed by atoms with Crippen LogP contribution < -0.4 is 0 Å². The van der Waals surface area contributed by atoms with Gasteiger partial charge in [-0.2, -0.15) is 0 Å². The van der Waals surface area contributed by atoms with Crippen molar-refractivity contribution < 1.29 is 4.79 Å². The average molecular weight is 244 g/mol. The van der Waals surface area contributed by atoms with Crippen LogP contribution in [0.25, 0.3) is 0 Å². The van der Waals surface area contributed by atoms with Crippen molar-refractivity contribution in [1.82, 2.24) is 0 Å². The molecule has 0 bridgehead atoms. The standard InChI is InChI=1S/C15H16OS/c1-11-14(17-2)9-8-13(15(11)16)10-12-6-4-3-5-7-12/h3-9,13H,10H2,1-2H3. The molecule has 17 heavy (non-hydrogen) atoms. The lowest BCUT2D eigenvalue weighted by Crippen LogP contribution is -2.19. The molecule has 0 heterocycles. The molecule has 2 heteroatoms. The Kier molecular flexibility index (Phi) is 3.85. The van der Waals surface area contributed by atoms with Crippen molar-refractivity contribution >= 4 is 17.5 Å². The highest BCUT2D eigenvalue weighted by Crippen LogP contribution is 2.28. The topological polar surface area (TPSA) is 17.1 Å². The van der Waals surface area contributed by atoms with E-state index in [2.05, 4.69) is 18.2 Å². The second-order valence-corrected chi connectivity index (χ2v) is 5.06. The summed E-state index contributed by atoms with van der Waals surface area (Å²) >= 11 is 1.64. The summed E-state index contributed by atoms with van der Waals surface area (Å²) in [6.07, 6.45) is 6.92. The lowest BCUT2D eigenvalue weighted by atomic mass is 9.88. The molecule has 1 aliphatic carbocycles. The molecule has 1 aromatic rings. The van der Waals surface area contributed by atoms with Crippen molar-refractivity contribution in [2.24, 2.45) is 5.92 Å². The number of thioether (sulfide) groups is 1. The minimum absolute atomic E-state index is 0.00769. The first-order valence-corrected chi connectivity index (χ1v) is 6.96. The van der Waals surface area contributed by atoms with Gasteiger partial charge in [0.05, 0.1) is 0 Å². The first-order valence-electron chi connectivity index (χ1n) is 5.73. The third-order valence-corrected chi connectivity index (χ3v) is 3.96. The number of carbonyl (C=O) groups is 1. The maximum atomic E-state index is 12.2. The summed E-state index contributed by atoms with van der Waals surface area (Å²) < 4.78 is 0. The molecule has 1 aromatic carbocycles. The number of carbonyl (C=O) groups excluding carboxylic acids is 1. The SMILES string of the molecule is CSC1=C(C)C(=O)C(Cc2ccccc2)C=C1. The summed E-state index contributed by atoms with van der Waals surface area (Å²) in [5, 5.41) is 0. The first kappa shape index (κ1) is 12.2. The second kappa shape index (κ2) is 5.37. The molecule has 0 N–H and O–H groups in total. The van der Waals surface area contributed by atoms with Crippen LogP contribution >= 0.6 is 11.8 Å². The summed E-state index contributed by atoms with van der Waals surface area (Å²) in [5.41, 5.74) is 2.12. The van der Waals surface area contributed by atoms with Crippen LogP contribution in [-0.4, -0.2) is 12.0 Å². The third kappa shape index (κ3) is 2.70. The minimum atomic E-state index is 0.00769. The molecular weight excluding hydrogens is 228 g/mol. The lowest BCUT2D eigenvalue weighted by molar-refractivity contribution is -0.118. The van der Waals surface area contributed by atoms with Gasteiger partial charge in [-0.15, -0.1) is 11.8 Å². The predicted octanol–water partition coefficient (Wildman–Crippen LogP) is 3.62. The van der Waals surface area contributed by atoms with Crippen LogP contribution in [0.4, 0.5) is 0 Å². The summed E-state index contributed by atoms with van der Waals surface area (Å²) in [6.45, 7) is 1.93. The zero-order chi connectivity index (χ0) is 12.3. The van der Waals surface area contributed by atoms with Crippen LogP contribution in [-0.2, 0) is 11.2 Å². The van der Waals surface area contributed by atoms with E-state index in [1.54, 1.807) is 11.8 Å². The van der Waals surface area contributed by atoms with Crippen LogP contribution in [0, 0.1) is 5.92 Å². The normalized spacial score (nSPS) is 19.9. The number of Topliss-reactive ketones (excluding diaryl/α,β-unsaturated/α-hetero) is 1. The van der Waals surface area contributed by atoms with Crippen molar-refractivity contribution in [1.29, 1.82) is 0 Å². The molecule has 0 saturated heterocycles. The highest BCUT2D eigenvalue weighted by molar-refractivity contribution is 8.02. The van der Waals surface area contributed by atoms with Gasteiger partial charge in [-0.05, 0) is 25.2 Å². The van der Waals surface area contributed by atoms with E-state index in [1.807, 2.05) is 37.5 Å². The largest absolute Gasteiger partial charge is 0.294 e. The average Bonchev–Trinajstić information content (AvgIpc) is 2.37. The van der Waals surface area contributed by atoms with Gasteiger partial charge in [0.25, 0.3) is 0 Å². The summed E-state index contributed by atoms with van der Waals surface area (Å²) in [6, 6.07) is 10.2. The van der Waals surface area contributed by atoms with Crippen molar-refractivity contribution in [2.75, 3.05) is 6.26 Å². The Bertz CT molecular complexity index is 471. The van der Waals surface area contributed by atoms with Crippen molar-refractivity contribution in [3.8, 4) is 0 Å². The van der Waals surface area contributed by atoms with Crippen LogP contribution in [0.15, 0.2) is 53.0 Å². The molecule has 1 aliphatic rings. The van der Waals surface area contributed by atoms with Gasteiger partial charge in [-0.3, -0.25) is 4.79 Å². The molecule has 0 fully saturated rings. The summed E-state index contributed by atoms with van der Waals surface area (Å²) in [4.78, 5) is 13.3. The molecule has 1 nitrogen and oxygen atoms in total. The molecule has 0 radical (unpaired) electrons. The second-order valence-electron chi connectivity index (χ2n) is 4.21. The minimum Gasteiger partial charge on any atom is -0.294 e. The molecule has 1 unspecified atom stereocenters. The Labute approximate surface area is 107 Å². The highest BCUT2D eigenvalue weighted by Gasteiger charge is 2.22. The zero-order valence-electron chi connectivity index (χ0n) is 10.1. The number of hydrogen-bond acceptors (Lipinski definition) is 2. The smallest absolute Gasteiger partial charge is 0.166 e. The predicted molar refractivity (Wildman–Crippen MR) is 74.0 cm³/mol. The van der Waals surface area contributed by atoms with E-state index in [0.29, 0.717) is 0 Å². The summed E-state index contributed by atoms with van der Waals surface area (Å²) in [5.74, 6) is 0.272. The zero-order valence-corrected chi connectivity index (χ0v) is 11.0. The van der Waals surface area contributed by atoms with Gasteiger partial charge in [0, 0.05) is 16.4 Å². The van der Waals surface area contributed by atoms with Gasteiger partial charge >= 0.3 is 0 Å². The van der Waals surface area contributed by atoms with E-state index < -0.39 is 0 Å². The molecule has 0 amide bonds. The van der Waals surface area contributed by atoms with Gasteiger partial charge in [-0.25, -0.2) is 0 Å². The van der Waals surface area contributed by atoms with E-state index in [9.17, 15) is 4.79 Å². The Balaban J connectivity index is 2.14. The van der Waals surface area contributed by atoms with E-state index in [0.717, 1.165) is 16.9 Å². The first-order chi connectivity index (χ1) is 8.22. The molecule has 0 saturated carbocycles. The Morgan fingerprint density at radius 1 is 1.24 bits per heavy atom. The Morgan fingerprint density at radius 2 is 1.94 bits per heavy atom. The fraction of sp³-hybridized carbons (Fsp3) is 0.267. The van der Waals surface area contributed by atoms with Crippen LogP contribution in [0.5, 0.6) is 0 Å². The van der Waals surface area contributed by atoms with Gasteiger partial charge < -0.3 is 0 Å². The van der Waals surface area contributed by atoms with Crippen LogP contribution in [0.3, 0.4) is 0 Å². The van der Waals surface area contributed by atoms with Gasteiger partial charge in [-0.1, -0.05) is 42.5 Å². The van der Waals surface area contributed by atoms with Crippen LogP contribution in [0.2, 0.25) is 0 Å². The van der Waals surface area contributed by atoms with E-state index in [-0.39, 0.29) is 11.7 Å². The summed E-state index contributed by atoms with van der Waals surface area (Å²) in [7, 11) is 0. The lowest BCUT2D eigenvalue weighted by Gasteiger charge is -2.18. The Hall–Kier alpha value is -1.28. The molecule has 0 aromatic heterocycles. The number of benzene rings is 1. The monoisotopic (exact) mass is 244 g/mol. The van der Waals surface area contributed by atoms with Gasteiger partial charge in [0.2, 0.25) is 0 Å². The van der Waals surface area contributed by atoms with E-state index in [4.69, 9.17) is 0 Å². The van der Waals surface area contributed by atoms with Crippen molar-refractivity contribution in [2.45, 2.75) is 13.3 Å². The van der Waals surface area contributed by atoms with Crippen molar-refractivity contribution in [3.63, 3.8) is 0 Å². The molecule has 1 atom stereocenters. The molecule has 88 valence electrons. The fourth-order valence-corrected chi connectivity index (χ4v) is 2.69. The Morgan fingerprint density at radius 3 is 2.59 bits per heavy atom. The van der Waals surface area contributed by atoms with E-state index in [1.165, 1.54) is 5.56 Å². The fourth-order valence-electron chi connectivity index (χ4n) is 2.07. The third-order valence-electron chi connectivity index (χ3n) is 3.07. The number of allylic oxidation sites excluding steroid dienone is 3. The number of hydrogen-bond donors (Lipinski definition) is 0. The molecule has 0 spiro atoms.